The molecule has 0 heterocycles. The van der Waals surface area contributed by atoms with Crippen LogP contribution in [-0.2, 0) is 0 Å². The maximum Gasteiger partial charge on any atom is 0.194 e. The van der Waals surface area contributed by atoms with Crippen LogP contribution in [0.5, 0.6) is 0 Å². The van der Waals surface area contributed by atoms with E-state index in [2.05, 4.69) is 0 Å². The summed E-state index contributed by atoms with van der Waals surface area (Å²) >= 11 is 12.0. The third kappa shape index (κ3) is 2.88. The molecule has 0 spiro atoms. The van der Waals surface area contributed by atoms with Crippen molar-refractivity contribution in [3.63, 3.8) is 0 Å². The number of Topliss-reactive ketones (excluding diaryl/α,β-unsaturated/α-hetero) is 2. The molecule has 3 rings (SSSR count). The van der Waals surface area contributed by atoms with Gasteiger partial charge in [0.05, 0.1) is 0 Å². The van der Waals surface area contributed by atoms with Gasteiger partial charge in [0.15, 0.2) is 11.6 Å². The first-order valence-electron chi connectivity index (χ1n) is 7.01. The van der Waals surface area contributed by atoms with E-state index in [1.807, 2.05) is 0 Å². The largest absolute Gasteiger partial charge is 0.289 e. The quantitative estimate of drug-likeness (QED) is 0.731. The van der Waals surface area contributed by atoms with Gasteiger partial charge in [-0.15, -0.1) is 0 Å². The highest BCUT2D eigenvalue weighted by molar-refractivity contribution is 6.35. The summed E-state index contributed by atoms with van der Waals surface area (Å²) in [6.07, 6.45) is 3.36. The summed E-state index contributed by atoms with van der Waals surface area (Å²) in [5.41, 5.74) is 2.45. The molecule has 0 unspecified atom stereocenters. The van der Waals surface area contributed by atoms with Crippen molar-refractivity contribution in [1.82, 2.24) is 0 Å². The van der Waals surface area contributed by atoms with Crippen LogP contribution < -0.4 is 0 Å². The molecule has 1 aliphatic carbocycles. The van der Waals surface area contributed by atoms with Crippen molar-refractivity contribution in [3.05, 3.63) is 86.4 Å². The molecule has 0 N–H and O–H groups in total. The summed E-state index contributed by atoms with van der Waals surface area (Å²) in [5, 5.41) is 1.03. The van der Waals surface area contributed by atoms with Crippen LogP contribution in [0.15, 0.2) is 59.7 Å². The summed E-state index contributed by atoms with van der Waals surface area (Å²) in [6.45, 7) is 1.67. The van der Waals surface area contributed by atoms with Gasteiger partial charge < -0.3 is 0 Å². The molecule has 2 nitrogen and oxygen atoms in total. The number of benzene rings is 2. The highest BCUT2D eigenvalue weighted by Gasteiger charge is 2.27. The van der Waals surface area contributed by atoms with E-state index in [-0.39, 0.29) is 11.6 Å². The number of allylic oxidation sites excluding steroid dienone is 3. The zero-order valence-electron chi connectivity index (χ0n) is 12.3. The van der Waals surface area contributed by atoms with Crippen LogP contribution in [0.2, 0.25) is 10.0 Å². The zero-order chi connectivity index (χ0) is 16.6. The second-order valence-electron chi connectivity index (χ2n) is 5.24. The molecular weight excluding hydrogens is 331 g/mol. The van der Waals surface area contributed by atoms with Crippen LogP contribution in [0.1, 0.15) is 33.2 Å². The lowest BCUT2D eigenvalue weighted by molar-refractivity contribution is 0.0978. The fraction of sp³-hybridized carbons (Fsp3) is 0.0526. The number of ketones is 2. The van der Waals surface area contributed by atoms with Crippen LogP contribution in [0, 0.1) is 0 Å². The fourth-order valence-electron chi connectivity index (χ4n) is 2.53. The molecule has 2 aromatic carbocycles. The average molecular weight is 343 g/mol. The second-order valence-corrected chi connectivity index (χ2v) is 6.09. The number of carbonyl (C=O) groups is 2. The van der Waals surface area contributed by atoms with Crippen LogP contribution in [0.3, 0.4) is 0 Å². The van der Waals surface area contributed by atoms with Crippen molar-refractivity contribution < 1.29 is 9.59 Å². The molecule has 0 saturated carbocycles. The Kier molecular flexibility index (Phi) is 4.20. The van der Waals surface area contributed by atoms with Gasteiger partial charge >= 0.3 is 0 Å². The normalized spacial score (nSPS) is 14.6. The summed E-state index contributed by atoms with van der Waals surface area (Å²) in [6, 6.07) is 12.0. The van der Waals surface area contributed by atoms with Gasteiger partial charge in [0.2, 0.25) is 0 Å². The van der Waals surface area contributed by atoms with Crippen LogP contribution in [0.25, 0.3) is 6.08 Å². The van der Waals surface area contributed by atoms with Crippen molar-refractivity contribution in [2.24, 2.45) is 0 Å². The Morgan fingerprint density at radius 3 is 2.17 bits per heavy atom. The summed E-state index contributed by atoms with van der Waals surface area (Å²) in [5.74, 6) is -0.277. The predicted molar refractivity (Wildman–Crippen MR) is 93.3 cm³/mol. The minimum Gasteiger partial charge on any atom is -0.289 e. The predicted octanol–water partition coefficient (Wildman–Crippen LogP) is 5.40. The molecule has 114 valence electrons. The van der Waals surface area contributed by atoms with Crippen LogP contribution >= 0.6 is 23.2 Å². The minimum atomic E-state index is -0.154. The van der Waals surface area contributed by atoms with Crippen LogP contribution in [0.4, 0.5) is 0 Å². The zero-order valence-corrected chi connectivity index (χ0v) is 13.8. The first-order chi connectivity index (χ1) is 11.0. The van der Waals surface area contributed by atoms with E-state index in [1.54, 1.807) is 61.5 Å². The van der Waals surface area contributed by atoms with E-state index in [1.165, 1.54) is 0 Å². The molecule has 0 saturated heterocycles. The molecule has 0 aliphatic heterocycles. The summed E-state index contributed by atoms with van der Waals surface area (Å²) in [4.78, 5) is 25.0. The first-order valence-corrected chi connectivity index (χ1v) is 7.77. The van der Waals surface area contributed by atoms with E-state index in [4.69, 9.17) is 23.2 Å². The van der Waals surface area contributed by atoms with E-state index in [9.17, 15) is 9.59 Å². The Bertz CT molecular complexity index is 892. The molecule has 0 atom stereocenters. The molecule has 0 aromatic heterocycles. The molecule has 0 radical (unpaired) electrons. The number of rotatable bonds is 2. The summed E-state index contributed by atoms with van der Waals surface area (Å²) < 4.78 is 0. The van der Waals surface area contributed by atoms with E-state index in [0.717, 1.165) is 5.56 Å². The monoisotopic (exact) mass is 342 g/mol. The lowest BCUT2D eigenvalue weighted by atomic mass is 9.84. The smallest absolute Gasteiger partial charge is 0.194 e. The molecule has 1 aliphatic rings. The fourth-order valence-corrected chi connectivity index (χ4v) is 3.00. The number of hydrogen-bond donors (Lipinski definition) is 0. The Labute approximate surface area is 144 Å². The van der Waals surface area contributed by atoms with Gasteiger partial charge in [0, 0.05) is 32.3 Å². The first kappa shape index (κ1) is 15.7. The number of carbonyl (C=O) groups excluding carboxylic acids is 2. The molecule has 0 fully saturated rings. The van der Waals surface area contributed by atoms with Gasteiger partial charge in [0.1, 0.15) is 0 Å². The van der Waals surface area contributed by atoms with Crippen molar-refractivity contribution in [2.45, 2.75) is 6.92 Å². The number of hydrogen-bond acceptors (Lipinski definition) is 2. The van der Waals surface area contributed by atoms with Crippen LogP contribution in [-0.4, -0.2) is 11.6 Å². The Balaban J connectivity index is 2.03. The van der Waals surface area contributed by atoms with E-state index in [0.29, 0.717) is 32.3 Å². The van der Waals surface area contributed by atoms with Gasteiger partial charge in [-0.05, 0) is 30.7 Å². The van der Waals surface area contributed by atoms with Crippen molar-refractivity contribution in [1.29, 1.82) is 0 Å². The van der Waals surface area contributed by atoms with Gasteiger partial charge in [-0.25, -0.2) is 0 Å². The lowest BCUT2D eigenvalue weighted by Crippen LogP contribution is -2.19. The van der Waals surface area contributed by atoms with E-state index >= 15 is 0 Å². The van der Waals surface area contributed by atoms with Gasteiger partial charge in [-0.1, -0.05) is 59.6 Å². The molecule has 23 heavy (non-hydrogen) atoms. The molecule has 0 bridgehead atoms. The molecule has 2 aromatic rings. The average Bonchev–Trinajstić information content (AvgIpc) is 2.54. The minimum absolute atomic E-state index is 0.123. The third-order valence-electron chi connectivity index (χ3n) is 3.80. The van der Waals surface area contributed by atoms with Gasteiger partial charge in [-0.2, -0.15) is 0 Å². The van der Waals surface area contributed by atoms with Crippen molar-refractivity contribution in [3.8, 4) is 0 Å². The Morgan fingerprint density at radius 1 is 0.870 bits per heavy atom. The highest BCUT2D eigenvalue weighted by Crippen LogP contribution is 2.28. The van der Waals surface area contributed by atoms with Gasteiger partial charge in [-0.3, -0.25) is 9.59 Å². The molecular formula is C19H12Cl2O2. The highest BCUT2D eigenvalue weighted by atomic mass is 35.5. The number of fused-ring (bicyclic) bond motifs is 1. The third-order valence-corrected chi connectivity index (χ3v) is 4.36. The molecule has 4 heteroatoms. The SMILES string of the molecule is CC1=C(/C=C/c2ccc(Cl)cc2Cl)C(=O)c2ccccc2C1=O. The molecule has 0 amide bonds. The maximum absolute atomic E-state index is 12.6. The topological polar surface area (TPSA) is 34.1 Å². The lowest BCUT2D eigenvalue weighted by Gasteiger charge is -2.16. The van der Waals surface area contributed by atoms with Crippen molar-refractivity contribution >= 4 is 40.8 Å². The van der Waals surface area contributed by atoms with Gasteiger partial charge in [0.25, 0.3) is 0 Å². The Hall–Kier alpha value is -2.16. The maximum atomic E-state index is 12.6. The van der Waals surface area contributed by atoms with E-state index < -0.39 is 0 Å². The van der Waals surface area contributed by atoms with Crippen molar-refractivity contribution in [2.75, 3.05) is 0 Å². The second kappa shape index (κ2) is 6.15. The standard InChI is InChI=1S/C19H12Cl2O2/c1-11-14(9-7-12-6-8-13(20)10-17(12)21)19(23)16-5-3-2-4-15(16)18(11)22/h2-10H,1H3/b9-7+. The number of halogens is 2. The summed E-state index contributed by atoms with van der Waals surface area (Å²) in [7, 11) is 0. The Morgan fingerprint density at radius 2 is 1.52 bits per heavy atom.